The lowest BCUT2D eigenvalue weighted by atomic mass is 9.94. The lowest BCUT2D eigenvalue weighted by Crippen LogP contribution is -2.11. The Bertz CT molecular complexity index is 1140. The van der Waals surface area contributed by atoms with Crippen LogP contribution in [-0.2, 0) is 13.2 Å². The van der Waals surface area contributed by atoms with Crippen LogP contribution in [0.25, 0.3) is 11.0 Å². The molecule has 0 aliphatic rings. The van der Waals surface area contributed by atoms with Crippen LogP contribution in [-0.4, -0.2) is 9.55 Å². The van der Waals surface area contributed by atoms with Crippen LogP contribution in [0, 0.1) is 34.6 Å². The molecule has 3 nitrogen and oxygen atoms in total. The first-order valence-electron chi connectivity index (χ1n) is 10.1. The fourth-order valence-electron chi connectivity index (χ4n) is 3.89. The van der Waals surface area contributed by atoms with Gasteiger partial charge in [-0.2, -0.15) is 0 Å². The zero-order chi connectivity index (χ0) is 20.5. The van der Waals surface area contributed by atoms with E-state index in [1.807, 2.05) is 18.2 Å². The monoisotopic (exact) mass is 384 g/mol. The molecule has 0 N–H and O–H groups in total. The summed E-state index contributed by atoms with van der Waals surface area (Å²) in [6.45, 7) is 12.2. The van der Waals surface area contributed by atoms with E-state index >= 15 is 0 Å². The Hall–Kier alpha value is -3.07. The highest BCUT2D eigenvalue weighted by molar-refractivity contribution is 5.76. The van der Waals surface area contributed by atoms with Crippen molar-refractivity contribution >= 4 is 11.0 Å². The van der Waals surface area contributed by atoms with Crippen LogP contribution in [0.4, 0.5) is 0 Å². The molecule has 0 saturated heterocycles. The largest absolute Gasteiger partial charge is 0.486 e. The number of ether oxygens (including phenoxy) is 1. The smallest absolute Gasteiger partial charge is 0.148 e. The van der Waals surface area contributed by atoms with Crippen molar-refractivity contribution in [3.8, 4) is 5.75 Å². The summed E-state index contributed by atoms with van der Waals surface area (Å²) in [5.74, 6) is 1.82. The van der Waals surface area contributed by atoms with Gasteiger partial charge in [0.2, 0.25) is 0 Å². The van der Waals surface area contributed by atoms with E-state index < -0.39 is 0 Å². The highest BCUT2D eigenvalue weighted by Crippen LogP contribution is 2.26. The van der Waals surface area contributed by atoms with Gasteiger partial charge >= 0.3 is 0 Å². The summed E-state index contributed by atoms with van der Waals surface area (Å²) in [5, 5.41) is 0. The van der Waals surface area contributed by atoms with Gasteiger partial charge in [-0.15, -0.1) is 0 Å². The Labute approximate surface area is 173 Å². The molecule has 1 aromatic heterocycles. The Morgan fingerprint density at radius 2 is 1.48 bits per heavy atom. The third-order valence-electron chi connectivity index (χ3n) is 5.96. The molecule has 3 heteroatoms. The number of benzene rings is 3. The summed E-state index contributed by atoms with van der Waals surface area (Å²) in [5.41, 5.74) is 10.2. The minimum atomic E-state index is 0.445. The molecule has 0 aliphatic carbocycles. The normalized spacial score (nSPS) is 11.2. The Balaban J connectivity index is 1.74. The summed E-state index contributed by atoms with van der Waals surface area (Å²) >= 11 is 0. The average Bonchev–Trinajstić information content (AvgIpc) is 3.06. The first-order valence-corrected chi connectivity index (χ1v) is 10.1. The van der Waals surface area contributed by atoms with Crippen molar-refractivity contribution in [2.75, 3.05) is 0 Å². The maximum atomic E-state index is 6.08. The van der Waals surface area contributed by atoms with Gasteiger partial charge in [-0.05, 0) is 86.7 Å². The summed E-state index contributed by atoms with van der Waals surface area (Å²) in [6.07, 6.45) is 0. The SMILES string of the molecule is Cc1ccc(OCc2nc3ccccc3n2Cc2c(C)c(C)cc(C)c2C)cc1. The molecule has 0 amide bonds. The maximum Gasteiger partial charge on any atom is 0.148 e. The molecular weight excluding hydrogens is 356 g/mol. The van der Waals surface area contributed by atoms with Gasteiger partial charge in [-0.3, -0.25) is 0 Å². The number of aryl methyl sites for hydroxylation is 3. The number of fused-ring (bicyclic) bond motifs is 1. The number of hydrogen-bond acceptors (Lipinski definition) is 2. The van der Waals surface area contributed by atoms with E-state index in [2.05, 4.69) is 75.6 Å². The third-order valence-corrected chi connectivity index (χ3v) is 5.96. The zero-order valence-electron chi connectivity index (χ0n) is 17.9. The van der Waals surface area contributed by atoms with Crippen LogP contribution in [0.3, 0.4) is 0 Å². The van der Waals surface area contributed by atoms with Crippen molar-refractivity contribution in [3.63, 3.8) is 0 Å². The molecule has 0 unspecified atom stereocenters. The highest BCUT2D eigenvalue weighted by Gasteiger charge is 2.15. The molecule has 0 saturated carbocycles. The van der Waals surface area contributed by atoms with Crippen molar-refractivity contribution in [1.29, 1.82) is 0 Å². The summed E-state index contributed by atoms with van der Waals surface area (Å²) in [7, 11) is 0. The summed E-state index contributed by atoms with van der Waals surface area (Å²) in [4.78, 5) is 4.88. The third kappa shape index (κ3) is 3.77. The van der Waals surface area contributed by atoms with Gasteiger partial charge in [0.1, 0.15) is 18.2 Å². The molecule has 0 fully saturated rings. The number of rotatable bonds is 5. The molecule has 0 spiro atoms. The highest BCUT2D eigenvalue weighted by atomic mass is 16.5. The van der Waals surface area contributed by atoms with Gasteiger partial charge in [-0.25, -0.2) is 4.98 Å². The Morgan fingerprint density at radius 3 is 2.17 bits per heavy atom. The fraction of sp³-hybridized carbons (Fsp3) is 0.269. The topological polar surface area (TPSA) is 27.1 Å². The van der Waals surface area contributed by atoms with Crippen molar-refractivity contribution in [2.45, 2.75) is 47.8 Å². The molecule has 3 aromatic carbocycles. The molecule has 0 atom stereocenters. The van der Waals surface area contributed by atoms with Gasteiger partial charge in [0.05, 0.1) is 17.6 Å². The van der Waals surface area contributed by atoms with Gasteiger partial charge < -0.3 is 9.30 Å². The van der Waals surface area contributed by atoms with E-state index in [0.29, 0.717) is 6.61 Å². The molecule has 1 heterocycles. The second-order valence-electron chi connectivity index (χ2n) is 7.94. The lowest BCUT2D eigenvalue weighted by Gasteiger charge is -2.18. The van der Waals surface area contributed by atoms with Gasteiger partial charge in [-0.1, -0.05) is 35.9 Å². The first kappa shape index (κ1) is 19.3. The molecule has 0 bridgehead atoms. The molecule has 29 heavy (non-hydrogen) atoms. The van der Waals surface area contributed by atoms with E-state index in [4.69, 9.17) is 9.72 Å². The second kappa shape index (κ2) is 7.75. The summed E-state index contributed by atoms with van der Waals surface area (Å²) in [6, 6.07) is 18.8. The van der Waals surface area contributed by atoms with Gasteiger partial charge in [0.25, 0.3) is 0 Å². The molecule has 0 radical (unpaired) electrons. The number of nitrogens with zero attached hydrogens (tertiary/aromatic N) is 2. The van der Waals surface area contributed by atoms with E-state index in [-0.39, 0.29) is 0 Å². The molecule has 4 aromatic rings. The van der Waals surface area contributed by atoms with E-state index in [9.17, 15) is 0 Å². The van der Waals surface area contributed by atoms with Crippen LogP contribution in [0.5, 0.6) is 5.75 Å². The van der Waals surface area contributed by atoms with Crippen molar-refractivity contribution in [1.82, 2.24) is 9.55 Å². The average molecular weight is 385 g/mol. The van der Waals surface area contributed by atoms with E-state index in [0.717, 1.165) is 29.2 Å². The standard InChI is InChI=1S/C26H28N2O/c1-17-10-12-22(13-11-17)29-16-26-27-24-8-6-7-9-25(24)28(26)15-23-20(4)18(2)14-19(3)21(23)5/h6-14H,15-16H2,1-5H3. The second-order valence-corrected chi connectivity index (χ2v) is 7.94. The van der Waals surface area contributed by atoms with Crippen LogP contribution in [0.1, 0.15) is 39.2 Å². The number of hydrogen-bond donors (Lipinski definition) is 0. The first-order chi connectivity index (χ1) is 13.9. The van der Waals surface area contributed by atoms with Crippen LogP contribution >= 0.6 is 0 Å². The maximum absolute atomic E-state index is 6.08. The van der Waals surface area contributed by atoms with Crippen molar-refractivity contribution < 1.29 is 4.74 Å². The number of imidazole rings is 1. The lowest BCUT2D eigenvalue weighted by molar-refractivity contribution is 0.291. The quantitative estimate of drug-likeness (QED) is 0.409. The minimum Gasteiger partial charge on any atom is -0.486 e. The van der Waals surface area contributed by atoms with Crippen LogP contribution in [0.2, 0.25) is 0 Å². The van der Waals surface area contributed by atoms with Crippen LogP contribution < -0.4 is 4.74 Å². The van der Waals surface area contributed by atoms with E-state index in [1.54, 1.807) is 0 Å². The van der Waals surface area contributed by atoms with Crippen LogP contribution in [0.15, 0.2) is 54.6 Å². The number of para-hydroxylation sites is 2. The predicted octanol–water partition coefficient (Wildman–Crippen LogP) is 6.21. The van der Waals surface area contributed by atoms with Crippen molar-refractivity contribution in [2.24, 2.45) is 0 Å². The Kier molecular flexibility index (Phi) is 5.14. The van der Waals surface area contributed by atoms with Crippen molar-refractivity contribution in [3.05, 3.63) is 93.8 Å². The Morgan fingerprint density at radius 1 is 0.828 bits per heavy atom. The fourth-order valence-corrected chi connectivity index (χ4v) is 3.89. The minimum absolute atomic E-state index is 0.445. The zero-order valence-corrected chi connectivity index (χ0v) is 17.9. The predicted molar refractivity (Wildman–Crippen MR) is 120 cm³/mol. The molecule has 148 valence electrons. The van der Waals surface area contributed by atoms with Gasteiger partial charge in [0.15, 0.2) is 0 Å². The molecule has 4 rings (SSSR count). The van der Waals surface area contributed by atoms with E-state index in [1.165, 1.54) is 33.4 Å². The molecular formula is C26H28N2O. The molecule has 0 aliphatic heterocycles. The van der Waals surface area contributed by atoms with Gasteiger partial charge in [0, 0.05) is 0 Å². The number of aromatic nitrogens is 2. The summed E-state index contributed by atoms with van der Waals surface area (Å²) < 4.78 is 8.38.